The molecular weight excluding hydrogens is 222 g/mol. The highest BCUT2D eigenvalue weighted by atomic mass is 16.3. The predicted molar refractivity (Wildman–Crippen MR) is 75.5 cm³/mol. The summed E-state index contributed by atoms with van der Waals surface area (Å²) in [7, 11) is 0. The molecule has 1 saturated carbocycles. The molecule has 0 aliphatic heterocycles. The molecule has 0 amide bonds. The lowest BCUT2D eigenvalue weighted by Gasteiger charge is -2.37. The third-order valence-electron chi connectivity index (χ3n) is 4.77. The quantitative estimate of drug-likeness (QED) is 0.860. The zero-order valence-electron chi connectivity index (χ0n) is 12.2. The summed E-state index contributed by atoms with van der Waals surface area (Å²) in [6, 6.07) is 2.62. The van der Waals surface area contributed by atoms with Gasteiger partial charge in [0.2, 0.25) is 0 Å². The molecule has 0 bridgehead atoms. The van der Waals surface area contributed by atoms with Gasteiger partial charge in [0.05, 0.1) is 6.26 Å². The maximum Gasteiger partial charge on any atom is 0.105 e. The van der Waals surface area contributed by atoms with E-state index in [0.717, 1.165) is 30.1 Å². The van der Waals surface area contributed by atoms with Crippen LogP contribution in [0.3, 0.4) is 0 Å². The molecule has 0 radical (unpaired) electrons. The van der Waals surface area contributed by atoms with E-state index < -0.39 is 0 Å². The van der Waals surface area contributed by atoms with Crippen LogP contribution in [0, 0.1) is 24.7 Å². The second-order valence-corrected chi connectivity index (χ2v) is 6.00. The van der Waals surface area contributed by atoms with E-state index in [-0.39, 0.29) is 0 Å². The fourth-order valence-corrected chi connectivity index (χ4v) is 3.36. The van der Waals surface area contributed by atoms with Crippen molar-refractivity contribution in [3.63, 3.8) is 0 Å². The molecule has 1 fully saturated rings. The fraction of sp³-hybridized carbons (Fsp3) is 0.750. The first kappa shape index (κ1) is 13.7. The average molecular weight is 249 g/mol. The fourth-order valence-electron chi connectivity index (χ4n) is 3.36. The molecule has 1 heterocycles. The predicted octanol–water partition coefficient (Wildman–Crippen LogP) is 4.31. The van der Waals surface area contributed by atoms with E-state index in [9.17, 15) is 0 Å². The summed E-state index contributed by atoms with van der Waals surface area (Å²) < 4.78 is 5.49. The Hall–Kier alpha value is -0.760. The second-order valence-electron chi connectivity index (χ2n) is 6.00. The van der Waals surface area contributed by atoms with Crippen LogP contribution in [0.25, 0.3) is 0 Å². The van der Waals surface area contributed by atoms with Gasteiger partial charge in [0.1, 0.15) is 5.76 Å². The van der Waals surface area contributed by atoms with E-state index in [1.165, 1.54) is 24.8 Å². The highest BCUT2D eigenvalue weighted by Gasteiger charge is 2.31. The minimum Gasteiger partial charge on any atom is -0.469 e. The average Bonchev–Trinajstić information content (AvgIpc) is 2.76. The largest absolute Gasteiger partial charge is 0.469 e. The molecule has 2 nitrogen and oxygen atoms in total. The number of rotatable bonds is 4. The Kier molecular flexibility index (Phi) is 4.50. The van der Waals surface area contributed by atoms with Crippen LogP contribution in [0.4, 0.5) is 0 Å². The molecule has 1 aliphatic rings. The third kappa shape index (κ3) is 2.80. The highest BCUT2D eigenvalue weighted by Crippen LogP contribution is 2.40. The summed E-state index contributed by atoms with van der Waals surface area (Å²) in [4.78, 5) is 0. The number of hydrogen-bond donors (Lipinski definition) is 1. The first-order valence-electron chi connectivity index (χ1n) is 7.40. The molecule has 4 atom stereocenters. The Bertz CT molecular complexity index is 371. The van der Waals surface area contributed by atoms with Crippen LogP contribution >= 0.6 is 0 Å². The van der Waals surface area contributed by atoms with Crippen LogP contribution in [-0.2, 0) is 0 Å². The van der Waals surface area contributed by atoms with Crippen molar-refractivity contribution in [1.29, 1.82) is 0 Å². The van der Waals surface area contributed by atoms with E-state index in [2.05, 4.69) is 39.1 Å². The van der Waals surface area contributed by atoms with Crippen LogP contribution in [-0.4, -0.2) is 6.54 Å². The van der Waals surface area contributed by atoms with Crippen molar-refractivity contribution in [1.82, 2.24) is 5.32 Å². The Morgan fingerprint density at radius 2 is 2.11 bits per heavy atom. The molecule has 102 valence electrons. The summed E-state index contributed by atoms with van der Waals surface area (Å²) >= 11 is 0. The van der Waals surface area contributed by atoms with E-state index >= 15 is 0 Å². The van der Waals surface area contributed by atoms with Crippen molar-refractivity contribution < 1.29 is 4.42 Å². The minimum atomic E-state index is 0.476. The van der Waals surface area contributed by atoms with Gasteiger partial charge in [-0.05, 0) is 50.1 Å². The second kappa shape index (κ2) is 5.92. The Labute approximate surface area is 111 Å². The topological polar surface area (TPSA) is 25.2 Å². The molecule has 0 aromatic carbocycles. The molecule has 1 N–H and O–H groups in total. The van der Waals surface area contributed by atoms with Crippen molar-refractivity contribution in [2.45, 2.75) is 53.0 Å². The van der Waals surface area contributed by atoms with E-state index in [0.29, 0.717) is 6.04 Å². The van der Waals surface area contributed by atoms with Gasteiger partial charge in [-0.15, -0.1) is 0 Å². The maximum atomic E-state index is 5.49. The summed E-state index contributed by atoms with van der Waals surface area (Å²) in [6.07, 6.45) is 5.87. The Morgan fingerprint density at radius 3 is 2.67 bits per heavy atom. The molecule has 2 rings (SSSR count). The smallest absolute Gasteiger partial charge is 0.105 e. The zero-order valence-corrected chi connectivity index (χ0v) is 12.2. The Morgan fingerprint density at radius 1 is 1.33 bits per heavy atom. The van der Waals surface area contributed by atoms with E-state index in [4.69, 9.17) is 4.42 Å². The molecule has 1 aromatic rings. The lowest BCUT2D eigenvalue weighted by atomic mass is 9.72. The van der Waals surface area contributed by atoms with Gasteiger partial charge in [-0.2, -0.15) is 0 Å². The van der Waals surface area contributed by atoms with Crippen LogP contribution < -0.4 is 5.32 Å². The van der Waals surface area contributed by atoms with Crippen LogP contribution in [0.5, 0.6) is 0 Å². The van der Waals surface area contributed by atoms with Crippen LogP contribution in [0.1, 0.15) is 57.4 Å². The van der Waals surface area contributed by atoms with Crippen LogP contribution in [0.2, 0.25) is 0 Å². The Balaban J connectivity index is 2.13. The molecule has 1 aliphatic carbocycles. The van der Waals surface area contributed by atoms with Crippen molar-refractivity contribution in [2.75, 3.05) is 6.54 Å². The summed E-state index contributed by atoms with van der Waals surface area (Å²) in [5.41, 5.74) is 1.36. The van der Waals surface area contributed by atoms with Gasteiger partial charge < -0.3 is 9.73 Å². The van der Waals surface area contributed by atoms with Crippen molar-refractivity contribution >= 4 is 0 Å². The van der Waals surface area contributed by atoms with E-state index in [1.807, 2.05) is 6.26 Å². The van der Waals surface area contributed by atoms with Gasteiger partial charge in [0.25, 0.3) is 0 Å². The maximum absolute atomic E-state index is 5.49. The SMILES string of the molecule is CCNC(c1ccoc1C)C1CCC(C)C(C)C1. The zero-order chi connectivity index (χ0) is 13.1. The first-order chi connectivity index (χ1) is 8.63. The van der Waals surface area contributed by atoms with Crippen LogP contribution in [0.15, 0.2) is 16.7 Å². The van der Waals surface area contributed by atoms with Crippen molar-refractivity contribution in [3.8, 4) is 0 Å². The standard InChI is InChI=1S/C16H27NO/c1-5-17-16(15-8-9-18-13(15)4)14-7-6-11(2)12(3)10-14/h8-9,11-12,14,16-17H,5-7,10H2,1-4H3. The monoisotopic (exact) mass is 249 g/mol. The van der Waals surface area contributed by atoms with Gasteiger partial charge in [0.15, 0.2) is 0 Å². The highest BCUT2D eigenvalue weighted by molar-refractivity contribution is 5.21. The van der Waals surface area contributed by atoms with Gasteiger partial charge in [-0.25, -0.2) is 0 Å². The van der Waals surface area contributed by atoms with Crippen molar-refractivity contribution in [2.24, 2.45) is 17.8 Å². The number of nitrogens with one attached hydrogen (secondary N) is 1. The molecule has 2 heteroatoms. The number of furan rings is 1. The number of hydrogen-bond acceptors (Lipinski definition) is 2. The molecule has 1 aromatic heterocycles. The normalized spacial score (nSPS) is 30.3. The number of aryl methyl sites for hydroxylation is 1. The lowest BCUT2D eigenvalue weighted by molar-refractivity contribution is 0.171. The third-order valence-corrected chi connectivity index (χ3v) is 4.77. The lowest BCUT2D eigenvalue weighted by Crippen LogP contribution is -2.33. The first-order valence-corrected chi connectivity index (χ1v) is 7.40. The van der Waals surface area contributed by atoms with E-state index in [1.54, 1.807) is 0 Å². The molecule has 18 heavy (non-hydrogen) atoms. The van der Waals surface area contributed by atoms with Gasteiger partial charge in [-0.1, -0.05) is 27.2 Å². The van der Waals surface area contributed by atoms with Crippen molar-refractivity contribution in [3.05, 3.63) is 23.7 Å². The molecule has 0 spiro atoms. The summed E-state index contributed by atoms with van der Waals surface area (Å²) in [5, 5.41) is 3.67. The molecule has 4 unspecified atom stereocenters. The molecular formula is C16H27NO. The van der Waals surface area contributed by atoms with Gasteiger partial charge in [0, 0.05) is 11.6 Å². The molecule has 0 saturated heterocycles. The summed E-state index contributed by atoms with van der Waals surface area (Å²) in [6.45, 7) is 10.1. The van der Waals surface area contributed by atoms with Gasteiger partial charge in [-0.3, -0.25) is 0 Å². The minimum absolute atomic E-state index is 0.476. The van der Waals surface area contributed by atoms with Gasteiger partial charge >= 0.3 is 0 Å². The summed E-state index contributed by atoms with van der Waals surface area (Å²) in [5.74, 6) is 3.56.